The van der Waals surface area contributed by atoms with Crippen LogP contribution in [0.3, 0.4) is 0 Å². The molecule has 0 spiro atoms. The van der Waals surface area contributed by atoms with Crippen LogP contribution in [0.5, 0.6) is 0 Å². The van der Waals surface area contributed by atoms with E-state index in [1.165, 1.54) is 82.6 Å². The molecule has 0 aromatic rings. The van der Waals surface area contributed by atoms with Crippen LogP contribution in [0.25, 0.3) is 5.73 Å². The third-order valence-electron chi connectivity index (χ3n) is 11.5. The minimum Gasteiger partial charge on any atom is -0.675 e. The van der Waals surface area contributed by atoms with Crippen LogP contribution in [0.4, 0.5) is 0 Å². The van der Waals surface area contributed by atoms with Gasteiger partial charge in [-0.05, 0) is 104 Å². The molecular formula is C31H59NY-2. The maximum absolute atomic E-state index is 8.24. The zero-order valence-electron chi connectivity index (χ0n) is 23.7. The molecule has 8 atom stereocenters. The van der Waals surface area contributed by atoms with E-state index in [9.17, 15) is 0 Å². The maximum Gasteiger partial charge on any atom is 0 e. The molecule has 1 radical (unpaired) electrons. The Labute approximate surface area is 235 Å². The summed E-state index contributed by atoms with van der Waals surface area (Å²) in [6.07, 6.45) is 16.8. The summed E-state index contributed by atoms with van der Waals surface area (Å²) in [6, 6.07) is 0.249. The zero-order valence-corrected chi connectivity index (χ0v) is 26.6. The summed E-state index contributed by atoms with van der Waals surface area (Å²) >= 11 is 0. The normalized spacial score (nSPS) is 41.7. The van der Waals surface area contributed by atoms with Crippen LogP contribution in [0.1, 0.15) is 127 Å². The molecule has 0 bridgehead atoms. The molecular weight excluding hydrogens is 475 g/mol. The molecule has 0 amide bonds. The van der Waals surface area contributed by atoms with Gasteiger partial charge in [0.2, 0.25) is 0 Å². The van der Waals surface area contributed by atoms with Gasteiger partial charge in [0, 0.05) is 34.1 Å². The van der Waals surface area contributed by atoms with Crippen LogP contribution < -0.4 is 0 Å². The molecule has 4 saturated carbocycles. The smallest absolute Gasteiger partial charge is 0 e. The summed E-state index contributed by atoms with van der Waals surface area (Å²) < 4.78 is 0. The number of fused-ring (bicyclic) bond motifs is 5. The van der Waals surface area contributed by atoms with Crippen molar-refractivity contribution in [3.05, 3.63) is 25.3 Å². The monoisotopic (exact) mass is 534 g/mol. The van der Waals surface area contributed by atoms with E-state index in [0.717, 1.165) is 29.6 Å². The summed E-state index contributed by atoms with van der Waals surface area (Å²) in [5, 5.41) is 0. The van der Waals surface area contributed by atoms with E-state index in [2.05, 4.69) is 55.0 Å². The van der Waals surface area contributed by atoms with E-state index in [1.807, 2.05) is 0 Å². The summed E-state index contributed by atoms with van der Waals surface area (Å²) in [5.41, 5.74) is 11.1. The Balaban J connectivity index is 0.000000869. The van der Waals surface area contributed by atoms with Crippen molar-refractivity contribution < 1.29 is 34.1 Å². The number of rotatable bonds is 4. The quantitative estimate of drug-likeness (QED) is 0.253. The fraction of sp³-hybridized carbons (Fsp3) is 0.903. The topological polar surface area (TPSA) is 23.8 Å². The number of hydrogen-bond donors (Lipinski definition) is 0. The molecule has 33 heavy (non-hydrogen) atoms. The Kier molecular flexibility index (Phi) is 11.9. The number of hydrogen-bond acceptors (Lipinski definition) is 0. The van der Waals surface area contributed by atoms with Gasteiger partial charge >= 0.3 is 0 Å². The first-order chi connectivity index (χ1) is 14.5. The van der Waals surface area contributed by atoms with E-state index in [4.69, 9.17) is 5.73 Å². The summed E-state index contributed by atoms with van der Waals surface area (Å²) in [5.74, 6) is 4.95. The predicted octanol–water partition coefficient (Wildman–Crippen LogP) is 10.6. The molecule has 0 saturated heterocycles. The Morgan fingerprint density at radius 2 is 1.58 bits per heavy atom. The summed E-state index contributed by atoms with van der Waals surface area (Å²) in [6.45, 7) is 20.3. The first-order valence-electron chi connectivity index (χ1n) is 13.9. The molecule has 4 fully saturated rings. The molecule has 1 nitrogen and oxygen atoms in total. The van der Waals surface area contributed by atoms with Crippen molar-refractivity contribution in [3.8, 4) is 0 Å². The fourth-order valence-corrected chi connectivity index (χ4v) is 8.49. The average Bonchev–Trinajstić information content (AvgIpc) is 3.05. The minimum absolute atomic E-state index is 0. The van der Waals surface area contributed by atoms with Gasteiger partial charge in [-0.25, -0.2) is 0 Å². The van der Waals surface area contributed by atoms with E-state index in [-0.39, 0.29) is 47.6 Å². The number of nitrogens with one attached hydrogen (secondary N) is 1. The van der Waals surface area contributed by atoms with Crippen molar-refractivity contribution >= 4 is 0 Å². The van der Waals surface area contributed by atoms with Crippen molar-refractivity contribution in [2.75, 3.05) is 0 Å². The van der Waals surface area contributed by atoms with Crippen LogP contribution in [0, 0.1) is 53.3 Å². The molecule has 1 N–H and O–H groups in total. The van der Waals surface area contributed by atoms with E-state index in [1.54, 1.807) is 0 Å². The largest absolute Gasteiger partial charge is 0.675 e. The van der Waals surface area contributed by atoms with Gasteiger partial charge in [0.1, 0.15) is 0 Å². The van der Waals surface area contributed by atoms with E-state index >= 15 is 0 Å². The van der Waals surface area contributed by atoms with Gasteiger partial charge < -0.3 is 13.2 Å². The van der Waals surface area contributed by atoms with Crippen LogP contribution in [-0.2, 0) is 32.7 Å². The molecule has 0 aromatic heterocycles. The van der Waals surface area contributed by atoms with Crippen molar-refractivity contribution in [2.24, 2.45) is 45.8 Å². The minimum atomic E-state index is 0. The van der Waals surface area contributed by atoms with Crippen LogP contribution >= 0.6 is 0 Å². The second-order valence-corrected chi connectivity index (χ2v) is 13.3. The van der Waals surface area contributed by atoms with Gasteiger partial charge in [0.25, 0.3) is 0 Å². The molecule has 8 unspecified atom stereocenters. The number of allylic oxidation sites excluding steroid dienone is 1. The molecule has 4 aliphatic rings. The average molecular weight is 535 g/mol. The molecule has 0 aliphatic heterocycles. The summed E-state index contributed by atoms with van der Waals surface area (Å²) in [4.78, 5) is 0. The standard InChI is InChI=1S/C22H38N.C8H16.CH3.Y.H2/c1-4-5-15-7-9-19-18-8-6-16-14-17(23)10-12-22(16,3)20(18)11-13-21(15,19)2;1-6-8(4,5)7(2)3;;;/h15-20,23H,4-14H2,1-3H3;2,6H2,1,3-5H3;1H3;;1H/q-1;;-1;;. The van der Waals surface area contributed by atoms with Gasteiger partial charge in [-0.1, -0.05) is 79.4 Å². The maximum atomic E-state index is 8.24. The molecule has 0 heterocycles. The molecule has 4 aliphatic carbocycles. The third-order valence-corrected chi connectivity index (χ3v) is 11.5. The molecule has 2 heteroatoms. The Morgan fingerprint density at radius 1 is 0.970 bits per heavy atom. The van der Waals surface area contributed by atoms with Crippen LogP contribution in [0.15, 0.2) is 12.2 Å². The van der Waals surface area contributed by atoms with E-state index in [0.29, 0.717) is 16.2 Å². The van der Waals surface area contributed by atoms with Gasteiger partial charge in [0.05, 0.1) is 0 Å². The van der Waals surface area contributed by atoms with Crippen molar-refractivity contribution in [1.29, 1.82) is 0 Å². The zero-order chi connectivity index (χ0) is 23.0. The molecule has 4 rings (SSSR count). The second kappa shape index (κ2) is 12.4. The SMILES string of the molecule is C=C(C)C(C)(C)CC.CCCC1CCC2C3CCC4CC([NH-])CCC4(C)C3CCC12C.[CH3-].[HH].[Y]. The Hall–Kier alpha value is 0.804. The van der Waals surface area contributed by atoms with Crippen LogP contribution in [0.2, 0.25) is 0 Å². The first kappa shape index (κ1) is 31.8. The third kappa shape index (κ3) is 6.21. The van der Waals surface area contributed by atoms with Gasteiger partial charge in [-0.2, -0.15) is 0 Å². The fourth-order valence-electron chi connectivity index (χ4n) is 8.49. The van der Waals surface area contributed by atoms with E-state index < -0.39 is 0 Å². The van der Waals surface area contributed by atoms with Crippen LogP contribution in [-0.4, -0.2) is 6.04 Å². The Bertz CT molecular complexity index is 633. The molecule has 0 aromatic carbocycles. The summed E-state index contributed by atoms with van der Waals surface area (Å²) in [7, 11) is 0. The Morgan fingerprint density at radius 3 is 2.12 bits per heavy atom. The van der Waals surface area contributed by atoms with Gasteiger partial charge in [-0.15, -0.1) is 6.04 Å². The van der Waals surface area contributed by atoms with Gasteiger partial charge in [0.15, 0.2) is 0 Å². The van der Waals surface area contributed by atoms with Crippen molar-refractivity contribution in [3.63, 3.8) is 0 Å². The second-order valence-electron chi connectivity index (χ2n) is 13.3. The molecule has 193 valence electrons. The first-order valence-corrected chi connectivity index (χ1v) is 13.9. The van der Waals surface area contributed by atoms with Crippen molar-refractivity contribution in [2.45, 2.75) is 132 Å². The van der Waals surface area contributed by atoms with Gasteiger partial charge in [-0.3, -0.25) is 0 Å². The van der Waals surface area contributed by atoms with Crippen molar-refractivity contribution in [1.82, 2.24) is 0 Å². The predicted molar refractivity (Wildman–Crippen MR) is 146 cm³/mol.